The van der Waals surface area contributed by atoms with Gasteiger partial charge in [-0.15, -0.1) is 0 Å². The van der Waals surface area contributed by atoms with Gasteiger partial charge in [0.05, 0.1) is 0 Å². The van der Waals surface area contributed by atoms with Crippen LogP contribution in [0.2, 0.25) is 0 Å². The number of hydrogen-bond donors (Lipinski definition) is 2. The van der Waals surface area contributed by atoms with E-state index in [2.05, 4.69) is 29.2 Å². The van der Waals surface area contributed by atoms with E-state index in [1.54, 1.807) is 6.07 Å². The number of piperazine rings is 1. The molecule has 0 aromatic heterocycles. The lowest BCUT2D eigenvalue weighted by molar-refractivity contribution is 0.0999. The predicted octanol–water partition coefficient (Wildman–Crippen LogP) is 0.121. The molecule has 0 radical (unpaired) electrons. The van der Waals surface area contributed by atoms with Crippen molar-refractivity contribution < 1.29 is 4.79 Å². The Morgan fingerprint density at radius 1 is 1.35 bits per heavy atom. The van der Waals surface area contributed by atoms with Crippen molar-refractivity contribution in [1.82, 2.24) is 15.1 Å². The summed E-state index contributed by atoms with van der Waals surface area (Å²) in [6.07, 6.45) is 0. The molecule has 1 saturated heterocycles. The molecule has 2 rings (SSSR count). The monoisotopic (exact) mass is 276 g/mol. The molecule has 1 aromatic rings. The van der Waals surface area contributed by atoms with Gasteiger partial charge < -0.3 is 16.0 Å². The van der Waals surface area contributed by atoms with Crippen molar-refractivity contribution in [3.8, 4) is 0 Å². The van der Waals surface area contributed by atoms with Crippen LogP contribution < -0.4 is 11.1 Å². The number of nitrogens with one attached hydrogen (secondary N) is 1. The third kappa shape index (κ3) is 3.79. The van der Waals surface area contributed by atoms with E-state index in [1.165, 1.54) is 0 Å². The van der Waals surface area contributed by atoms with Crippen molar-refractivity contribution in [3.63, 3.8) is 0 Å². The molecule has 1 atom stereocenters. The first kappa shape index (κ1) is 15.0. The van der Waals surface area contributed by atoms with Crippen molar-refractivity contribution >= 4 is 5.91 Å². The van der Waals surface area contributed by atoms with E-state index in [0.717, 1.165) is 31.7 Å². The van der Waals surface area contributed by atoms with Crippen molar-refractivity contribution in [2.24, 2.45) is 5.73 Å². The lowest BCUT2D eigenvalue weighted by Crippen LogP contribution is -2.53. The zero-order valence-electron chi connectivity index (χ0n) is 12.3. The quantitative estimate of drug-likeness (QED) is 0.802. The molecule has 1 heterocycles. The minimum Gasteiger partial charge on any atom is -0.366 e. The van der Waals surface area contributed by atoms with Gasteiger partial charge in [0.2, 0.25) is 5.91 Å². The molecule has 1 aromatic carbocycles. The Kier molecular flexibility index (Phi) is 5.11. The Hall–Kier alpha value is -1.43. The molecule has 3 N–H and O–H groups in total. The van der Waals surface area contributed by atoms with Crippen LogP contribution in [-0.2, 0) is 6.54 Å². The average Bonchev–Trinajstić information content (AvgIpc) is 2.43. The van der Waals surface area contributed by atoms with Gasteiger partial charge in [0.15, 0.2) is 0 Å². The summed E-state index contributed by atoms with van der Waals surface area (Å²) in [6.45, 7) is 4.88. The van der Waals surface area contributed by atoms with Crippen LogP contribution in [0.25, 0.3) is 0 Å². The highest BCUT2D eigenvalue weighted by atomic mass is 16.1. The molecule has 1 fully saturated rings. The first-order valence-corrected chi connectivity index (χ1v) is 7.05. The Bertz CT molecular complexity index is 463. The number of benzene rings is 1. The fourth-order valence-corrected chi connectivity index (χ4v) is 2.61. The zero-order chi connectivity index (χ0) is 14.5. The molecule has 0 saturated carbocycles. The largest absolute Gasteiger partial charge is 0.366 e. The van der Waals surface area contributed by atoms with Gasteiger partial charge in [-0.1, -0.05) is 18.2 Å². The Labute approximate surface area is 120 Å². The summed E-state index contributed by atoms with van der Waals surface area (Å²) in [4.78, 5) is 16.1. The number of likely N-dealkylation sites (N-methyl/N-ethyl adjacent to an activating group) is 2. The number of amides is 1. The number of carbonyl (C=O) groups is 1. The number of nitrogens with two attached hydrogens (primary N) is 1. The SMILES string of the molecule is CN1CCN(C)C(CNCc2ccccc2C(N)=O)C1. The molecule has 1 unspecified atom stereocenters. The van der Waals surface area contributed by atoms with Crippen LogP contribution in [0.4, 0.5) is 0 Å². The van der Waals surface area contributed by atoms with Crippen molar-refractivity contribution in [1.29, 1.82) is 0 Å². The van der Waals surface area contributed by atoms with Gasteiger partial charge in [-0.05, 0) is 25.7 Å². The second-order valence-corrected chi connectivity index (χ2v) is 5.55. The summed E-state index contributed by atoms with van der Waals surface area (Å²) in [5.41, 5.74) is 6.96. The molecular formula is C15H24N4O. The second-order valence-electron chi connectivity index (χ2n) is 5.55. The summed E-state index contributed by atoms with van der Waals surface area (Å²) in [6, 6.07) is 8.01. The normalized spacial score (nSPS) is 21.0. The van der Waals surface area contributed by atoms with Gasteiger partial charge in [0, 0.05) is 44.3 Å². The van der Waals surface area contributed by atoms with Crippen molar-refractivity contribution in [2.75, 3.05) is 40.3 Å². The number of primary amides is 1. The van der Waals surface area contributed by atoms with E-state index in [0.29, 0.717) is 18.2 Å². The molecule has 5 heteroatoms. The summed E-state index contributed by atoms with van der Waals surface area (Å²) < 4.78 is 0. The second kappa shape index (κ2) is 6.83. The predicted molar refractivity (Wildman–Crippen MR) is 80.6 cm³/mol. The van der Waals surface area contributed by atoms with E-state index >= 15 is 0 Å². The summed E-state index contributed by atoms with van der Waals surface area (Å²) in [7, 11) is 4.32. The molecule has 20 heavy (non-hydrogen) atoms. The molecule has 110 valence electrons. The van der Waals surface area contributed by atoms with E-state index < -0.39 is 0 Å². The lowest BCUT2D eigenvalue weighted by atomic mass is 10.1. The minimum absolute atomic E-state index is 0.364. The van der Waals surface area contributed by atoms with Crippen LogP contribution >= 0.6 is 0 Å². The van der Waals surface area contributed by atoms with Gasteiger partial charge in [0.1, 0.15) is 0 Å². The van der Waals surface area contributed by atoms with Gasteiger partial charge in [-0.25, -0.2) is 0 Å². The smallest absolute Gasteiger partial charge is 0.249 e. The lowest BCUT2D eigenvalue weighted by Gasteiger charge is -2.37. The van der Waals surface area contributed by atoms with Crippen LogP contribution in [0.5, 0.6) is 0 Å². The van der Waals surface area contributed by atoms with E-state index in [4.69, 9.17) is 5.73 Å². The number of rotatable bonds is 5. The number of carbonyl (C=O) groups excluding carboxylic acids is 1. The third-order valence-electron chi connectivity index (χ3n) is 3.96. The summed E-state index contributed by atoms with van der Waals surface area (Å²) >= 11 is 0. The highest BCUT2D eigenvalue weighted by Gasteiger charge is 2.21. The van der Waals surface area contributed by atoms with Crippen LogP contribution in [0.1, 0.15) is 15.9 Å². The van der Waals surface area contributed by atoms with E-state index in [-0.39, 0.29) is 5.91 Å². The maximum atomic E-state index is 11.4. The van der Waals surface area contributed by atoms with Gasteiger partial charge in [0.25, 0.3) is 0 Å². The molecule has 0 spiro atoms. The molecule has 0 bridgehead atoms. The highest BCUT2D eigenvalue weighted by Crippen LogP contribution is 2.09. The topological polar surface area (TPSA) is 61.6 Å². The Balaban J connectivity index is 1.88. The molecular weight excluding hydrogens is 252 g/mol. The van der Waals surface area contributed by atoms with Gasteiger partial charge in [-0.2, -0.15) is 0 Å². The van der Waals surface area contributed by atoms with E-state index in [1.807, 2.05) is 18.2 Å². The Morgan fingerprint density at radius 3 is 2.85 bits per heavy atom. The fourth-order valence-electron chi connectivity index (χ4n) is 2.61. The molecule has 1 aliphatic heterocycles. The summed E-state index contributed by atoms with van der Waals surface area (Å²) in [5, 5.41) is 3.44. The standard InChI is InChI=1S/C15H24N4O/c1-18-7-8-19(2)13(11-18)10-17-9-12-5-3-4-6-14(12)15(16)20/h3-6,13,17H,7-11H2,1-2H3,(H2,16,20). The molecule has 0 aliphatic carbocycles. The van der Waals surface area contributed by atoms with Crippen molar-refractivity contribution in [3.05, 3.63) is 35.4 Å². The van der Waals surface area contributed by atoms with E-state index in [9.17, 15) is 4.79 Å². The van der Waals surface area contributed by atoms with Crippen LogP contribution in [0.3, 0.4) is 0 Å². The van der Waals surface area contributed by atoms with Gasteiger partial charge >= 0.3 is 0 Å². The molecule has 1 aliphatic rings. The van der Waals surface area contributed by atoms with Crippen LogP contribution in [-0.4, -0.2) is 62.0 Å². The summed E-state index contributed by atoms with van der Waals surface area (Å²) in [5.74, 6) is -0.364. The maximum absolute atomic E-state index is 11.4. The minimum atomic E-state index is -0.364. The van der Waals surface area contributed by atoms with Crippen molar-refractivity contribution in [2.45, 2.75) is 12.6 Å². The average molecular weight is 276 g/mol. The number of nitrogens with zero attached hydrogens (tertiary/aromatic N) is 2. The van der Waals surface area contributed by atoms with Gasteiger partial charge in [-0.3, -0.25) is 9.69 Å². The highest BCUT2D eigenvalue weighted by molar-refractivity contribution is 5.94. The first-order valence-electron chi connectivity index (χ1n) is 7.05. The molecule has 5 nitrogen and oxygen atoms in total. The fraction of sp³-hybridized carbons (Fsp3) is 0.533. The zero-order valence-corrected chi connectivity index (χ0v) is 12.3. The van der Waals surface area contributed by atoms with Crippen LogP contribution in [0.15, 0.2) is 24.3 Å². The Morgan fingerprint density at radius 2 is 2.10 bits per heavy atom. The van der Waals surface area contributed by atoms with Crippen LogP contribution in [0, 0.1) is 0 Å². The molecule has 1 amide bonds. The first-order chi connectivity index (χ1) is 9.58. The third-order valence-corrected chi connectivity index (χ3v) is 3.96. The number of hydrogen-bond acceptors (Lipinski definition) is 4. The maximum Gasteiger partial charge on any atom is 0.249 e.